The molecule has 1 aliphatic heterocycles. The normalized spacial score (nSPS) is 15.0. The Hall–Kier alpha value is -3.32. The Bertz CT molecular complexity index is 1380. The van der Waals surface area contributed by atoms with Crippen molar-refractivity contribution < 1.29 is 4.74 Å². The summed E-state index contributed by atoms with van der Waals surface area (Å²) in [5.41, 5.74) is 11.6. The number of ether oxygens (including phenoxy) is 1. The van der Waals surface area contributed by atoms with Crippen molar-refractivity contribution in [2.24, 2.45) is 0 Å². The Morgan fingerprint density at radius 1 is 1.17 bits per heavy atom. The molecule has 1 saturated heterocycles. The summed E-state index contributed by atoms with van der Waals surface area (Å²) >= 11 is 1.54. The number of benzene rings is 1. The number of aromatic nitrogens is 4. The Morgan fingerprint density at radius 2 is 1.97 bits per heavy atom. The highest BCUT2D eigenvalue weighted by molar-refractivity contribution is 7.99. The first kappa shape index (κ1) is 23.4. The van der Waals surface area contributed by atoms with Crippen LogP contribution in [0.25, 0.3) is 16.6 Å². The second-order valence-electron chi connectivity index (χ2n) is 8.85. The number of likely N-dealkylation sites (tertiary alicyclic amines) is 1. The van der Waals surface area contributed by atoms with Crippen LogP contribution in [0.4, 0.5) is 5.69 Å². The number of methoxy groups -OCH3 is 1. The lowest BCUT2D eigenvalue weighted by Gasteiger charge is -2.32. The zero-order valence-electron chi connectivity index (χ0n) is 20.0. The lowest BCUT2D eigenvalue weighted by Crippen LogP contribution is -2.37. The van der Waals surface area contributed by atoms with E-state index in [0.29, 0.717) is 17.3 Å². The third-order valence-corrected chi connectivity index (χ3v) is 7.81. The molecule has 0 atom stereocenters. The van der Waals surface area contributed by atoms with Gasteiger partial charge in [0.1, 0.15) is 11.6 Å². The van der Waals surface area contributed by atoms with Crippen molar-refractivity contribution in [2.45, 2.75) is 35.6 Å². The number of nitriles is 1. The molecule has 2 N–H and O–H groups in total. The molecule has 35 heavy (non-hydrogen) atoms. The molecule has 9 heteroatoms. The van der Waals surface area contributed by atoms with Crippen molar-refractivity contribution in [1.29, 1.82) is 5.26 Å². The van der Waals surface area contributed by atoms with Crippen LogP contribution in [-0.4, -0.2) is 57.6 Å². The highest BCUT2D eigenvalue weighted by Crippen LogP contribution is 2.38. The van der Waals surface area contributed by atoms with Gasteiger partial charge in [-0.2, -0.15) is 15.5 Å². The number of fused-ring (bicyclic) bond motifs is 1. The number of rotatable bonds is 7. The zero-order valence-corrected chi connectivity index (χ0v) is 20.8. The van der Waals surface area contributed by atoms with Gasteiger partial charge >= 0.3 is 0 Å². The molecule has 180 valence electrons. The maximum atomic E-state index is 9.55. The Morgan fingerprint density at radius 3 is 2.74 bits per heavy atom. The van der Waals surface area contributed by atoms with Crippen molar-refractivity contribution in [3.05, 3.63) is 60.2 Å². The van der Waals surface area contributed by atoms with Crippen LogP contribution in [-0.2, 0) is 4.74 Å². The molecule has 0 unspecified atom stereocenters. The van der Waals surface area contributed by atoms with Crippen molar-refractivity contribution >= 4 is 23.0 Å². The van der Waals surface area contributed by atoms with Gasteiger partial charge < -0.3 is 15.4 Å². The Balaban J connectivity index is 1.46. The van der Waals surface area contributed by atoms with Crippen LogP contribution in [0.3, 0.4) is 0 Å². The minimum absolute atomic E-state index is 0.392. The molecule has 0 spiro atoms. The summed E-state index contributed by atoms with van der Waals surface area (Å²) in [4.78, 5) is 4.30. The average molecular weight is 488 g/mol. The molecule has 0 radical (unpaired) electrons. The van der Waals surface area contributed by atoms with E-state index in [1.54, 1.807) is 13.3 Å². The number of pyridine rings is 1. The summed E-state index contributed by atoms with van der Waals surface area (Å²) in [6, 6.07) is 12.4. The average Bonchev–Trinajstić information content (AvgIpc) is 3.46. The standard InChI is InChI=1S/C26H29N7OS/c1-18-22(15-30-33(18)21-7-9-31(10-8-21)11-12-34-2)20-13-25(26-23(28)16-29-32(26)17-20)35-24-6-4-3-5-19(24)14-27/h3-6,13,15-17,21H,7-12,28H2,1-2H3. The molecular weight excluding hydrogens is 458 g/mol. The van der Waals surface area contributed by atoms with Gasteiger partial charge in [-0.25, -0.2) is 4.52 Å². The fraction of sp³-hybridized carbons (Fsp3) is 0.346. The van der Waals surface area contributed by atoms with Crippen LogP contribution in [0.5, 0.6) is 0 Å². The predicted molar refractivity (Wildman–Crippen MR) is 137 cm³/mol. The van der Waals surface area contributed by atoms with E-state index in [9.17, 15) is 5.26 Å². The molecule has 1 aliphatic rings. The molecule has 0 bridgehead atoms. The molecule has 0 aliphatic carbocycles. The zero-order chi connectivity index (χ0) is 24.4. The third kappa shape index (κ3) is 4.65. The van der Waals surface area contributed by atoms with Gasteiger partial charge in [-0.1, -0.05) is 23.9 Å². The summed E-state index contributed by atoms with van der Waals surface area (Å²) in [7, 11) is 1.75. The molecule has 4 heterocycles. The molecule has 0 amide bonds. The quantitative estimate of drug-likeness (QED) is 0.413. The topological polar surface area (TPSA) is 97.4 Å². The number of hydrogen-bond donors (Lipinski definition) is 1. The Kier molecular flexibility index (Phi) is 6.77. The van der Waals surface area contributed by atoms with Crippen LogP contribution in [0.15, 0.2) is 58.7 Å². The fourth-order valence-corrected chi connectivity index (χ4v) is 5.88. The monoisotopic (exact) mass is 487 g/mol. The SMILES string of the molecule is COCCN1CCC(n2ncc(-c3cc(Sc4ccccc4C#N)c4c(N)cnn4c3)c2C)CC1. The summed E-state index contributed by atoms with van der Waals surface area (Å²) in [5.74, 6) is 0. The van der Waals surface area contributed by atoms with Gasteiger partial charge in [0.05, 0.1) is 36.3 Å². The van der Waals surface area contributed by atoms with Crippen LogP contribution in [0.1, 0.15) is 30.1 Å². The molecule has 0 saturated carbocycles. The number of nitrogen functional groups attached to an aromatic ring is 1. The van der Waals surface area contributed by atoms with E-state index in [1.807, 2.05) is 41.2 Å². The second kappa shape index (κ2) is 10.1. The van der Waals surface area contributed by atoms with E-state index in [1.165, 1.54) is 11.8 Å². The molecule has 8 nitrogen and oxygen atoms in total. The third-order valence-electron chi connectivity index (χ3n) is 6.70. The van der Waals surface area contributed by atoms with Crippen molar-refractivity contribution in [2.75, 3.05) is 39.1 Å². The number of anilines is 1. The number of nitrogens with two attached hydrogens (primary N) is 1. The van der Waals surface area contributed by atoms with Crippen LogP contribution >= 0.6 is 11.8 Å². The van der Waals surface area contributed by atoms with Gasteiger partial charge in [0.2, 0.25) is 0 Å². The van der Waals surface area contributed by atoms with E-state index in [4.69, 9.17) is 15.6 Å². The van der Waals surface area contributed by atoms with E-state index in [-0.39, 0.29) is 0 Å². The highest BCUT2D eigenvalue weighted by Gasteiger charge is 2.24. The first-order valence-corrected chi connectivity index (χ1v) is 12.6. The van der Waals surface area contributed by atoms with E-state index in [0.717, 1.165) is 71.2 Å². The van der Waals surface area contributed by atoms with Crippen molar-refractivity contribution in [3.8, 4) is 17.2 Å². The fourth-order valence-electron chi connectivity index (χ4n) is 4.78. The van der Waals surface area contributed by atoms with Crippen LogP contribution < -0.4 is 5.73 Å². The minimum atomic E-state index is 0.392. The Labute approximate surface area is 209 Å². The van der Waals surface area contributed by atoms with Gasteiger partial charge in [-0.3, -0.25) is 4.68 Å². The molecule has 1 aromatic carbocycles. The second-order valence-corrected chi connectivity index (χ2v) is 9.93. The summed E-state index contributed by atoms with van der Waals surface area (Å²) in [5, 5.41) is 18.8. The maximum Gasteiger partial charge on any atom is 0.103 e. The molecule has 5 rings (SSSR count). The smallest absolute Gasteiger partial charge is 0.103 e. The number of nitrogens with zero attached hydrogens (tertiary/aromatic N) is 6. The lowest BCUT2D eigenvalue weighted by molar-refractivity contribution is 0.119. The first-order chi connectivity index (χ1) is 17.1. The van der Waals surface area contributed by atoms with Crippen LogP contribution in [0, 0.1) is 18.3 Å². The number of hydrogen-bond acceptors (Lipinski definition) is 7. The largest absolute Gasteiger partial charge is 0.396 e. The van der Waals surface area contributed by atoms with Gasteiger partial charge in [0.15, 0.2) is 0 Å². The predicted octanol–water partition coefficient (Wildman–Crippen LogP) is 4.39. The van der Waals surface area contributed by atoms with Gasteiger partial charge in [-0.05, 0) is 38.0 Å². The molecular formula is C26H29N7OS. The van der Waals surface area contributed by atoms with Gasteiger partial charge in [0.25, 0.3) is 0 Å². The number of piperidine rings is 1. The maximum absolute atomic E-state index is 9.55. The van der Waals surface area contributed by atoms with Crippen molar-refractivity contribution in [1.82, 2.24) is 24.3 Å². The summed E-state index contributed by atoms with van der Waals surface area (Å²) in [6.07, 6.45) is 7.79. The van der Waals surface area contributed by atoms with Gasteiger partial charge in [-0.15, -0.1) is 0 Å². The van der Waals surface area contributed by atoms with Crippen LogP contribution in [0.2, 0.25) is 0 Å². The molecule has 1 fully saturated rings. The van der Waals surface area contributed by atoms with E-state index in [2.05, 4.69) is 33.7 Å². The minimum Gasteiger partial charge on any atom is -0.396 e. The van der Waals surface area contributed by atoms with Gasteiger partial charge in [0, 0.05) is 59.6 Å². The summed E-state index contributed by atoms with van der Waals surface area (Å²) < 4.78 is 9.24. The first-order valence-electron chi connectivity index (χ1n) is 11.8. The molecule has 3 aromatic heterocycles. The lowest BCUT2D eigenvalue weighted by atomic mass is 10.0. The van der Waals surface area contributed by atoms with E-state index < -0.39 is 0 Å². The summed E-state index contributed by atoms with van der Waals surface area (Å²) in [6.45, 7) is 6.00. The van der Waals surface area contributed by atoms with Crippen molar-refractivity contribution in [3.63, 3.8) is 0 Å². The van der Waals surface area contributed by atoms with E-state index >= 15 is 0 Å². The molecule has 4 aromatic rings. The highest BCUT2D eigenvalue weighted by atomic mass is 32.2.